The molecule has 0 aromatic carbocycles. The Morgan fingerprint density at radius 2 is 2.19 bits per heavy atom. The van der Waals surface area contributed by atoms with E-state index in [9.17, 15) is 0 Å². The maximum atomic E-state index is 4.11. The molecular formula is C10H14N6. The molecule has 2 heterocycles. The van der Waals surface area contributed by atoms with Crippen molar-refractivity contribution in [1.29, 1.82) is 0 Å². The third kappa shape index (κ3) is 2.69. The minimum atomic E-state index is 0.780. The van der Waals surface area contributed by atoms with Gasteiger partial charge in [-0.05, 0) is 6.07 Å². The van der Waals surface area contributed by atoms with E-state index in [4.69, 9.17) is 0 Å². The third-order valence-electron chi connectivity index (χ3n) is 2.13. The first kappa shape index (κ1) is 10.4. The first-order chi connectivity index (χ1) is 7.88. The van der Waals surface area contributed by atoms with Gasteiger partial charge in [-0.25, -0.2) is 9.97 Å². The average Bonchev–Trinajstić information content (AvgIpc) is 2.82. The van der Waals surface area contributed by atoms with Crippen molar-refractivity contribution in [2.24, 2.45) is 0 Å². The minimum absolute atomic E-state index is 0.780. The number of nitrogens with zero attached hydrogens (tertiary/aromatic N) is 4. The van der Waals surface area contributed by atoms with Crippen molar-refractivity contribution in [2.45, 2.75) is 6.54 Å². The molecule has 0 aliphatic rings. The Morgan fingerprint density at radius 3 is 2.94 bits per heavy atom. The van der Waals surface area contributed by atoms with Crippen molar-refractivity contribution in [3.8, 4) is 0 Å². The third-order valence-corrected chi connectivity index (χ3v) is 2.13. The zero-order chi connectivity index (χ0) is 11.2. The van der Waals surface area contributed by atoms with Crippen LogP contribution in [0.25, 0.3) is 0 Å². The van der Waals surface area contributed by atoms with E-state index >= 15 is 0 Å². The number of aromatic nitrogens is 4. The fourth-order valence-corrected chi connectivity index (χ4v) is 1.32. The van der Waals surface area contributed by atoms with E-state index < -0.39 is 0 Å². The zero-order valence-electron chi connectivity index (χ0n) is 9.09. The van der Waals surface area contributed by atoms with Crippen LogP contribution in [0.15, 0.2) is 30.9 Å². The lowest BCUT2D eigenvalue weighted by molar-refractivity contribution is 0.637. The number of hydrogen-bond donors (Lipinski definition) is 2. The zero-order valence-corrected chi connectivity index (χ0v) is 9.09. The maximum absolute atomic E-state index is 4.11. The normalized spacial score (nSPS) is 10.1. The molecule has 2 aromatic heterocycles. The predicted octanol–water partition coefficient (Wildman–Crippen LogP) is 0.827. The van der Waals surface area contributed by atoms with E-state index in [0.717, 1.165) is 24.7 Å². The average molecular weight is 218 g/mol. The van der Waals surface area contributed by atoms with E-state index in [1.54, 1.807) is 6.20 Å². The first-order valence-corrected chi connectivity index (χ1v) is 5.09. The Morgan fingerprint density at radius 1 is 1.31 bits per heavy atom. The minimum Gasteiger partial charge on any atom is -0.373 e. The highest BCUT2D eigenvalue weighted by Crippen LogP contribution is 2.06. The Kier molecular flexibility index (Phi) is 3.32. The van der Waals surface area contributed by atoms with Crippen LogP contribution in [0, 0.1) is 0 Å². The molecule has 0 saturated carbocycles. The van der Waals surface area contributed by atoms with E-state index in [1.165, 1.54) is 6.33 Å². The number of rotatable bonds is 5. The van der Waals surface area contributed by atoms with Gasteiger partial charge in [-0.2, -0.15) is 5.10 Å². The summed E-state index contributed by atoms with van der Waals surface area (Å²) in [6.07, 6.45) is 5.23. The first-order valence-electron chi connectivity index (χ1n) is 5.09. The highest BCUT2D eigenvalue weighted by molar-refractivity contribution is 5.45. The van der Waals surface area contributed by atoms with Crippen LogP contribution >= 0.6 is 0 Å². The lowest BCUT2D eigenvalue weighted by atomic mass is 10.5. The highest BCUT2D eigenvalue weighted by Gasteiger charge is 1.96. The molecule has 84 valence electrons. The Labute approximate surface area is 93.7 Å². The molecule has 0 unspecified atom stereocenters. The second-order valence-corrected chi connectivity index (χ2v) is 3.23. The summed E-state index contributed by atoms with van der Waals surface area (Å²) in [5.74, 6) is 1.61. The van der Waals surface area contributed by atoms with E-state index in [1.807, 2.05) is 30.1 Å². The van der Waals surface area contributed by atoms with Crippen molar-refractivity contribution < 1.29 is 0 Å². The molecule has 2 aromatic rings. The summed E-state index contributed by atoms with van der Waals surface area (Å²) in [5, 5.41) is 10.3. The van der Waals surface area contributed by atoms with Gasteiger partial charge in [0.1, 0.15) is 18.0 Å². The Bertz CT molecular complexity index is 425. The van der Waals surface area contributed by atoms with Gasteiger partial charge in [-0.1, -0.05) is 0 Å². The molecule has 0 fully saturated rings. The molecule has 0 bridgehead atoms. The second kappa shape index (κ2) is 5.11. The van der Waals surface area contributed by atoms with Crippen LogP contribution in [0.1, 0.15) is 0 Å². The van der Waals surface area contributed by atoms with Crippen molar-refractivity contribution in [3.63, 3.8) is 0 Å². The molecule has 0 atom stereocenters. The van der Waals surface area contributed by atoms with Crippen molar-refractivity contribution >= 4 is 11.6 Å². The van der Waals surface area contributed by atoms with Gasteiger partial charge >= 0.3 is 0 Å². The smallest absolute Gasteiger partial charge is 0.131 e. The largest absolute Gasteiger partial charge is 0.373 e. The molecule has 6 nitrogen and oxygen atoms in total. The van der Waals surface area contributed by atoms with Crippen LogP contribution in [0.2, 0.25) is 0 Å². The van der Waals surface area contributed by atoms with Crippen molar-refractivity contribution in [2.75, 3.05) is 24.2 Å². The summed E-state index contributed by atoms with van der Waals surface area (Å²) < 4.78 is 1.87. The van der Waals surface area contributed by atoms with Gasteiger partial charge in [-0.15, -0.1) is 0 Å². The van der Waals surface area contributed by atoms with Gasteiger partial charge in [-0.3, -0.25) is 4.68 Å². The molecule has 2 rings (SSSR count). The van der Waals surface area contributed by atoms with Crippen LogP contribution in [0.3, 0.4) is 0 Å². The number of hydrogen-bond acceptors (Lipinski definition) is 5. The van der Waals surface area contributed by atoms with Gasteiger partial charge in [0.15, 0.2) is 0 Å². The summed E-state index contributed by atoms with van der Waals surface area (Å²) in [4.78, 5) is 8.15. The lowest BCUT2D eigenvalue weighted by Crippen LogP contribution is -2.11. The monoisotopic (exact) mass is 218 g/mol. The van der Waals surface area contributed by atoms with E-state index in [2.05, 4.69) is 25.7 Å². The Balaban J connectivity index is 1.85. The fraction of sp³-hybridized carbons (Fsp3) is 0.300. The lowest BCUT2D eigenvalue weighted by Gasteiger charge is -2.06. The van der Waals surface area contributed by atoms with Crippen LogP contribution in [0.5, 0.6) is 0 Å². The fourth-order valence-electron chi connectivity index (χ4n) is 1.32. The Hall–Kier alpha value is -2.11. The van der Waals surface area contributed by atoms with Crippen LogP contribution in [-0.4, -0.2) is 33.3 Å². The van der Waals surface area contributed by atoms with Gasteiger partial charge < -0.3 is 10.6 Å². The summed E-state index contributed by atoms with van der Waals surface area (Å²) in [5.41, 5.74) is 0. The predicted molar refractivity (Wildman–Crippen MR) is 62.3 cm³/mol. The molecule has 6 heteroatoms. The number of anilines is 2. The van der Waals surface area contributed by atoms with Gasteiger partial charge in [0.25, 0.3) is 0 Å². The second-order valence-electron chi connectivity index (χ2n) is 3.23. The van der Waals surface area contributed by atoms with Gasteiger partial charge in [0, 0.05) is 32.1 Å². The summed E-state index contributed by atoms with van der Waals surface area (Å²) in [7, 11) is 1.83. The SMILES string of the molecule is CNc1cc(NCCn2cccn2)ncn1. The molecule has 0 radical (unpaired) electrons. The number of nitrogens with one attached hydrogen (secondary N) is 2. The molecular weight excluding hydrogens is 204 g/mol. The van der Waals surface area contributed by atoms with E-state index in [-0.39, 0.29) is 0 Å². The molecule has 2 N–H and O–H groups in total. The van der Waals surface area contributed by atoms with Crippen molar-refractivity contribution in [3.05, 3.63) is 30.9 Å². The molecule has 0 spiro atoms. The van der Waals surface area contributed by atoms with Crippen LogP contribution in [-0.2, 0) is 6.54 Å². The van der Waals surface area contributed by atoms with E-state index in [0.29, 0.717) is 0 Å². The van der Waals surface area contributed by atoms with Crippen LogP contribution in [0.4, 0.5) is 11.6 Å². The standard InChI is InChI=1S/C10H14N6/c1-11-9-7-10(14-8-13-9)12-4-6-16-5-2-3-15-16/h2-3,5,7-8H,4,6H2,1H3,(H2,11,12,13,14). The van der Waals surface area contributed by atoms with Gasteiger partial charge in [0.05, 0.1) is 6.54 Å². The van der Waals surface area contributed by atoms with Crippen LogP contribution < -0.4 is 10.6 Å². The molecule has 0 aliphatic carbocycles. The summed E-state index contributed by atoms with van der Waals surface area (Å²) in [6.45, 7) is 1.59. The molecule has 0 aliphatic heterocycles. The summed E-state index contributed by atoms with van der Waals surface area (Å²) in [6, 6.07) is 3.77. The van der Waals surface area contributed by atoms with Gasteiger partial charge in [0.2, 0.25) is 0 Å². The topological polar surface area (TPSA) is 67.7 Å². The van der Waals surface area contributed by atoms with Crippen molar-refractivity contribution in [1.82, 2.24) is 19.7 Å². The molecule has 0 amide bonds. The highest BCUT2D eigenvalue weighted by atomic mass is 15.3. The maximum Gasteiger partial charge on any atom is 0.131 e. The molecule has 16 heavy (non-hydrogen) atoms. The summed E-state index contributed by atoms with van der Waals surface area (Å²) >= 11 is 0. The quantitative estimate of drug-likeness (QED) is 0.778. The molecule has 0 saturated heterocycles.